The summed E-state index contributed by atoms with van der Waals surface area (Å²) in [5.74, 6) is 2.78. The van der Waals surface area contributed by atoms with Crippen LogP contribution in [0.3, 0.4) is 0 Å². The lowest BCUT2D eigenvalue weighted by Gasteiger charge is -2.59. The van der Waals surface area contributed by atoms with Crippen LogP contribution < -0.4 is 15.8 Å². The van der Waals surface area contributed by atoms with Gasteiger partial charge in [-0.2, -0.15) is 0 Å². The summed E-state index contributed by atoms with van der Waals surface area (Å²) in [6.45, 7) is 3.15. The summed E-state index contributed by atoms with van der Waals surface area (Å²) in [4.78, 5) is 12.5. The zero-order valence-electron chi connectivity index (χ0n) is 17.9. The number of carbonyl (C=O) groups is 1. The summed E-state index contributed by atoms with van der Waals surface area (Å²) in [6, 6.07) is 6.92. The maximum absolute atomic E-state index is 12.4. The summed E-state index contributed by atoms with van der Waals surface area (Å²) in [5.41, 5.74) is 1.38. The Balaban J connectivity index is 1.23. The van der Waals surface area contributed by atoms with Gasteiger partial charge in [-0.3, -0.25) is 4.79 Å². The Bertz CT molecular complexity index is 831. The van der Waals surface area contributed by atoms with Gasteiger partial charge in [0.25, 0.3) is 0 Å². The molecule has 4 fully saturated rings. The normalized spacial score (nSPS) is 30.9. The molecule has 0 aliphatic heterocycles. The van der Waals surface area contributed by atoms with Crippen LogP contribution in [-0.4, -0.2) is 33.5 Å². The van der Waals surface area contributed by atoms with E-state index in [1.54, 1.807) is 12.1 Å². The number of nitrogens with two attached hydrogens (primary N) is 1. The number of benzene rings is 1. The van der Waals surface area contributed by atoms with Crippen LogP contribution in [0.4, 0.5) is 0 Å². The Morgan fingerprint density at radius 3 is 2.17 bits per heavy atom. The molecule has 1 amide bonds. The summed E-state index contributed by atoms with van der Waals surface area (Å²) in [5, 5.41) is 11.7. The third-order valence-corrected chi connectivity index (χ3v) is 8.66. The largest absolute Gasteiger partial charge is 0.355 e. The molecule has 166 valence electrons. The SMILES string of the molecule is CCC(NCC(=O)NCCc1ccc(S(N)(=O)=O)cc1)C12CC3CC(CC(C3)C1)C2. The molecular weight excluding hydrogens is 398 g/mol. The van der Waals surface area contributed by atoms with Gasteiger partial charge in [-0.05, 0) is 92.2 Å². The van der Waals surface area contributed by atoms with Gasteiger partial charge in [0.2, 0.25) is 15.9 Å². The minimum Gasteiger partial charge on any atom is -0.355 e. The van der Waals surface area contributed by atoms with Crippen LogP contribution in [0.2, 0.25) is 0 Å². The number of sulfonamides is 1. The number of nitrogens with one attached hydrogen (secondary N) is 2. The fourth-order valence-corrected chi connectivity index (χ4v) is 7.38. The topological polar surface area (TPSA) is 101 Å². The van der Waals surface area contributed by atoms with Crippen molar-refractivity contribution < 1.29 is 13.2 Å². The van der Waals surface area contributed by atoms with Gasteiger partial charge in [0.05, 0.1) is 11.4 Å². The van der Waals surface area contributed by atoms with Crippen LogP contribution in [0, 0.1) is 23.2 Å². The van der Waals surface area contributed by atoms with Crippen molar-refractivity contribution in [3.63, 3.8) is 0 Å². The van der Waals surface area contributed by atoms with E-state index in [-0.39, 0.29) is 10.8 Å². The van der Waals surface area contributed by atoms with Crippen LogP contribution in [-0.2, 0) is 21.2 Å². The van der Waals surface area contributed by atoms with Crippen molar-refractivity contribution in [2.24, 2.45) is 28.3 Å². The average Bonchev–Trinajstić information content (AvgIpc) is 2.67. The number of amides is 1. The average molecular weight is 434 g/mol. The highest BCUT2D eigenvalue weighted by Crippen LogP contribution is 2.61. The molecule has 0 radical (unpaired) electrons. The maximum Gasteiger partial charge on any atom is 0.238 e. The molecule has 6 nitrogen and oxygen atoms in total. The second kappa shape index (κ2) is 8.60. The highest BCUT2D eigenvalue weighted by atomic mass is 32.2. The Kier molecular flexibility index (Phi) is 6.24. The molecule has 0 heterocycles. The maximum atomic E-state index is 12.4. The minimum absolute atomic E-state index is 0.0272. The molecule has 4 N–H and O–H groups in total. The van der Waals surface area contributed by atoms with Gasteiger partial charge in [0.1, 0.15) is 0 Å². The summed E-state index contributed by atoms with van der Waals surface area (Å²) < 4.78 is 22.6. The van der Waals surface area contributed by atoms with E-state index in [1.165, 1.54) is 50.7 Å². The quantitative estimate of drug-likeness (QED) is 0.557. The zero-order valence-corrected chi connectivity index (χ0v) is 18.7. The third kappa shape index (κ3) is 4.73. The fraction of sp³-hybridized carbons (Fsp3) is 0.696. The monoisotopic (exact) mass is 433 g/mol. The summed E-state index contributed by atoms with van der Waals surface area (Å²) >= 11 is 0. The molecule has 4 saturated carbocycles. The Hall–Kier alpha value is -1.44. The molecule has 0 aromatic heterocycles. The summed E-state index contributed by atoms with van der Waals surface area (Å²) in [7, 11) is -3.67. The molecule has 4 aliphatic carbocycles. The van der Waals surface area contributed by atoms with E-state index in [4.69, 9.17) is 5.14 Å². The van der Waals surface area contributed by atoms with E-state index in [2.05, 4.69) is 17.6 Å². The lowest BCUT2D eigenvalue weighted by Crippen LogP contribution is -2.56. The molecular formula is C23H35N3O3S. The minimum atomic E-state index is -3.67. The van der Waals surface area contributed by atoms with Crippen molar-refractivity contribution in [3.05, 3.63) is 29.8 Å². The third-order valence-electron chi connectivity index (χ3n) is 7.73. The van der Waals surface area contributed by atoms with Crippen LogP contribution in [0.1, 0.15) is 57.4 Å². The first-order valence-corrected chi connectivity index (χ1v) is 12.9. The molecule has 5 rings (SSSR count). The van der Waals surface area contributed by atoms with Crippen molar-refractivity contribution in [2.45, 2.75) is 69.2 Å². The first-order valence-electron chi connectivity index (χ1n) is 11.4. The fourth-order valence-electron chi connectivity index (χ4n) is 6.87. The predicted molar refractivity (Wildman–Crippen MR) is 117 cm³/mol. The van der Waals surface area contributed by atoms with E-state index < -0.39 is 10.0 Å². The van der Waals surface area contributed by atoms with E-state index >= 15 is 0 Å². The van der Waals surface area contributed by atoms with Gasteiger partial charge in [-0.15, -0.1) is 0 Å². The molecule has 1 unspecified atom stereocenters. The molecule has 0 saturated heterocycles. The number of carbonyl (C=O) groups excluding carboxylic acids is 1. The number of hydrogen-bond donors (Lipinski definition) is 3. The van der Waals surface area contributed by atoms with Crippen LogP contribution in [0.25, 0.3) is 0 Å². The molecule has 4 bridgehead atoms. The van der Waals surface area contributed by atoms with Gasteiger partial charge < -0.3 is 10.6 Å². The van der Waals surface area contributed by atoms with Crippen LogP contribution in [0.5, 0.6) is 0 Å². The van der Waals surface area contributed by atoms with E-state index in [0.717, 1.165) is 29.7 Å². The first kappa shape index (κ1) is 21.8. The van der Waals surface area contributed by atoms with Gasteiger partial charge in [-0.1, -0.05) is 19.1 Å². The predicted octanol–water partition coefficient (Wildman–Crippen LogP) is 2.58. The van der Waals surface area contributed by atoms with Crippen molar-refractivity contribution in [1.29, 1.82) is 0 Å². The van der Waals surface area contributed by atoms with Crippen molar-refractivity contribution in [2.75, 3.05) is 13.1 Å². The second-order valence-corrected chi connectivity index (χ2v) is 11.5. The molecule has 1 aromatic carbocycles. The number of hydrogen-bond acceptors (Lipinski definition) is 4. The van der Waals surface area contributed by atoms with Crippen LogP contribution in [0.15, 0.2) is 29.2 Å². The standard InChI is InChI=1S/C23H35N3O3S/c1-2-21(23-12-17-9-18(13-23)11-19(10-17)14-23)26-15-22(27)25-8-7-16-3-5-20(6-4-16)30(24,28)29/h3-6,17-19,21,26H,2,7-15H2,1H3,(H,25,27)(H2,24,28,29). The Labute approximate surface area is 180 Å². The van der Waals surface area contributed by atoms with E-state index in [9.17, 15) is 13.2 Å². The van der Waals surface area contributed by atoms with Crippen molar-refractivity contribution in [1.82, 2.24) is 10.6 Å². The Morgan fingerprint density at radius 1 is 1.10 bits per heavy atom. The molecule has 7 heteroatoms. The van der Waals surface area contributed by atoms with Gasteiger partial charge in [-0.25, -0.2) is 13.6 Å². The van der Waals surface area contributed by atoms with Crippen molar-refractivity contribution in [3.8, 4) is 0 Å². The molecule has 0 spiro atoms. The summed E-state index contributed by atoms with van der Waals surface area (Å²) in [6.07, 6.45) is 10.1. The lowest BCUT2D eigenvalue weighted by atomic mass is 9.47. The van der Waals surface area contributed by atoms with Crippen LogP contribution >= 0.6 is 0 Å². The second-order valence-electron chi connectivity index (χ2n) is 9.91. The van der Waals surface area contributed by atoms with Gasteiger partial charge >= 0.3 is 0 Å². The number of primary sulfonamides is 1. The van der Waals surface area contributed by atoms with Gasteiger partial charge in [0.15, 0.2) is 0 Å². The van der Waals surface area contributed by atoms with Gasteiger partial charge in [0, 0.05) is 12.6 Å². The number of rotatable bonds is 9. The van der Waals surface area contributed by atoms with Crippen molar-refractivity contribution >= 4 is 15.9 Å². The Morgan fingerprint density at radius 2 is 1.67 bits per heavy atom. The van der Waals surface area contributed by atoms with E-state index in [0.29, 0.717) is 31.0 Å². The highest BCUT2D eigenvalue weighted by molar-refractivity contribution is 7.89. The zero-order chi connectivity index (χ0) is 21.4. The smallest absolute Gasteiger partial charge is 0.238 e. The molecule has 1 aromatic rings. The first-order chi connectivity index (χ1) is 14.3. The highest BCUT2D eigenvalue weighted by Gasteiger charge is 2.53. The van der Waals surface area contributed by atoms with E-state index in [1.807, 2.05) is 0 Å². The molecule has 4 aliphatic rings. The lowest BCUT2D eigenvalue weighted by molar-refractivity contribution is -0.121. The molecule has 1 atom stereocenters. The molecule has 30 heavy (non-hydrogen) atoms.